The Balaban J connectivity index is 2.02. The van der Waals surface area contributed by atoms with Gasteiger partial charge in [-0.25, -0.2) is 4.79 Å². The molecule has 0 aliphatic carbocycles. The van der Waals surface area contributed by atoms with Crippen molar-refractivity contribution < 1.29 is 14.3 Å². The van der Waals surface area contributed by atoms with Crippen LogP contribution in [-0.4, -0.2) is 36.0 Å². The fraction of sp³-hybridized carbons (Fsp3) is 0.333. The molecule has 0 aliphatic rings. The summed E-state index contributed by atoms with van der Waals surface area (Å²) in [5.74, 6) is -0.101. The van der Waals surface area contributed by atoms with Crippen molar-refractivity contribution in [2.24, 2.45) is 0 Å². The Morgan fingerprint density at radius 1 is 0.923 bits per heavy atom. The minimum absolute atomic E-state index is 0.101. The van der Waals surface area contributed by atoms with Crippen molar-refractivity contribution in [2.45, 2.75) is 32.9 Å². The third-order valence-corrected chi connectivity index (χ3v) is 4.16. The molecule has 138 valence electrons. The maximum absolute atomic E-state index is 12.8. The molecule has 5 heteroatoms. The van der Waals surface area contributed by atoms with Crippen molar-refractivity contribution in [1.82, 2.24) is 10.2 Å². The Morgan fingerprint density at radius 3 is 2.00 bits per heavy atom. The molecule has 0 bridgehead atoms. The van der Waals surface area contributed by atoms with Crippen molar-refractivity contribution in [1.29, 1.82) is 0 Å². The molecular weight excluding hydrogens is 328 g/mol. The van der Waals surface area contributed by atoms with Gasteiger partial charge in [0.1, 0.15) is 12.6 Å². The summed E-state index contributed by atoms with van der Waals surface area (Å²) in [6, 6.07) is 18.4. The molecule has 5 nitrogen and oxygen atoms in total. The first-order chi connectivity index (χ1) is 12.6. The van der Waals surface area contributed by atoms with E-state index in [9.17, 15) is 9.59 Å². The van der Waals surface area contributed by atoms with Gasteiger partial charge < -0.3 is 15.0 Å². The predicted molar refractivity (Wildman–Crippen MR) is 102 cm³/mol. The Bertz CT molecular complexity index is 685. The second-order valence-corrected chi connectivity index (χ2v) is 5.96. The van der Waals surface area contributed by atoms with Crippen LogP contribution in [0.1, 0.15) is 25.0 Å². The summed E-state index contributed by atoms with van der Waals surface area (Å²) in [5, 5.41) is 2.73. The van der Waals surface area contributed by atoms with Gasteiger partial charge in [-0.1, -0.05) is 60.7 Å². The molecule has 1 unspecified atom stereocenters. The molecule has 2 rings (SSSR count). The smallest absolute Gasteiger partial charge is 0.408 e. The van der Waals surface area contributed by atoms with Gasteiger partial charge in [-0.15, -0.1) is 0 Å². The lowest BCUT2D eigenvalue weighted by Crippen LogP contribution is -2.49. The van der Waals surface area contributed by atoms with Crippen molar-refractivity contribution in [3.63, 3.8) is 0 Å². The summed E-state index contributed by atoms with van der Waals surface area (Å²) in [6.07, 6.45) is -0.161. The van der Waals surface area contributed by atoms with Gasteiger partial charge in [-0.3, -0.25) is 4.79 Å². The molecular formula is C21H26N2O3. The number of hydrogen-bond acceptors (Lipinski definition) is 3. The standard InChI is InChI=1S/C21H26N2O3/c1-3-23(4-2)20(24)19(15-17-11-7-5-8-12-17)22-21(25)26-16-18-13-9-6-10-14-18/h5-14,19H,3-4,15-16H2,1-2H3,(H,22,25). The second-order valence-electron chi connectivity index (χ2n) is 5.96. The van der Waals surface area contributed by atoms with Crippen LogP contribution in [0.3, 0.4) is 0 Å². The molecule has 0 aliphatic heterocycles. The van der Waals surface area contributed by atoms with Crippen LogP contribution in [0.5, 0.6) is 0 Å². The molecule has 0 heterocycles. The average molecular weight is 354 g/mol. The number of rotatable bonds is 8. The highest BCUT2D eigenvalue weighted by molar-refractivity contribution is 5.86. The summed E-state index contributed by atoms with van der Waals surface area (Å²) in [6.45, 7) is 5.22. The van der Waals surface area contributed by atoms with Crippen LogP contribution in [0.25, 0.3) is 0 Å². The number of ether oxygens (including phenoxy) is 1. The Kier molecular flexibility index (Phi) is 7.68. The summed E-state index contributed by atoms with van der Waals surface area (Å²) >= 11 is 0. The number of nitrogens with zero attached hydrogens (tertiary/aromatic N) is 1. The highest BCUT2D eigenvalue weighted by atomic mass is 16.5. The third kappa shape index (κ3) is 5.92. The zero-order valence-corrected chi connectivity index (χ0v) is 15.4. The van der Waals surface area contributed by atoms with Gasteiger partial charge in [0, 0.05) is 19.5 Å². The van der Waals surface area contributed by atoms with Crippen LogP contribution in [0.15, 0.2) is 60.7 Å². The van der Waals surface area contributed by atoms with E-state index >= 15 is 0 Å². The summed E-state index contributed by atoms with van der Waals surface area (Å²) in [7, 11) is 0. The Hall–Kier alpha value is -2.82. The number of carbonyl (C=O) groups excluding carboxylic acids is 2. The van der Waals surface area contributed by atoms with Gasteiger partial charge in [0.05, 0.1) is 0 Å². The number of benzene rings is 2. The first-order valence-electron chi connectivity index (χ1n) is 8.94. The lowest BCUT2D eigenvalue weighted by molar-refractivity contribution is -0.133. The normalized spacial score (nSPS) is 11.5. The molecule has 2 aromatic rings. The van der Waals surface area contributed by atoms with E-state index in [1.165, 1.54) is 0 Å². The highest BCUT2D eigenvalue weighted by Crippen LogP contribution is 2.08. The monoisotopic (exact) mass is 354 g/mol. The third-order valence-electron chi connectivity index (χ3n) is 4.16. The number of alkyl carbamates (subject to hydrolysis) is 1. The zero-order valence-electron chi connectivity index (χ0n) is 15.4. The van der Waals surface area contributed by atoms with Crippen molar-refractivity contribution in [3.05, 3.63) is 71.8 Å². The molecule has 0 saturated carbocycles. The van der Waals surface area contributed by atoms with Gasteiger partial charge in [-0.05, 0) is 25.0 Å². The number of amides is 2. The van der Waals surface area contributed by atoms with Crippen LogP contribution in [0.4, 0.5) is 4.79 Å². The van der Waals surface area contributed by atoms with E-state index in [-0.39, 0.29) is 12.5 Å². The molecule has 2 aromatic carbocycles. The van der Waals surface area contributed by atoms with E-state index in [2.05, 4.69) is 5.32 Å². The fourth-order valence-corrected chi connectivity index (χ4v) is 2.71. The molecule has 0 radical (unpaired) electrons. The molecule has 26 heavy (non-hydrogen) atoms. The predicted octanol–water partition coefficient (Wildman–Crippen LogP) is 3.39. The first-order valence-corrected chi connectivity index (χ1v) is 8.94. The van der Waals surface area contributed by atoms with Crippen LogP contribution in [0, 0.1) is 0 Å². The van der Waals surface area contributed by atoms with Crippen molar-refractivity contribution in [2.75, 3.05) is 13.1 Å². The van der Waals surface area contributed by atoms with E-state index < -0.39 is 12.1 Å². The summed E-state index contributed by atoms with van der Waals surface area (Å²) in [5.41, 5.74) is 1.89. The van der Waals surface area contributed by atoms with Crippen LogP contribution >= 0.6 is 0 Å². The second kappa shape index (κ2) is 10.2. The minimum atomic E-state index is -0.652. The zero-order chi connectivity index (χ0) is 18.8. The molecule has 0 saturated heterocycles. The lowest BCUT2D eigenvalue weighted by Gasteiger charge is -2.25. The van der Waals surface area contributed by atoms with E-state index in [4.69, 9.17) is 4.74 Å². The van der Waals surface area contributed by atoms with Gasteiger partial charge in [0.25, 0.3) is 0 Å². The number of hydrogen-bond donors (Lipinski definition) is 1. The number of nitrogens with one attached hydrogen (secondary N) is 1. The summed E-state index contributed by atoms with van der Waals surface area (Å²) < 4.78 is 5.27. The van der Waals surface area contributed by atoms with E-state index in [1.54, 1.807) is 4.90 Å². The number of likely N-dealkylation sites (N-methyl/N-ethyl adjacent to an activating group) is 1. The fourth-order valence-electron chi connectivity index (χ4n) is 2.71. The van der Waals surface area contributed by atoms with Gasteiger partial charge in [0.2, 0.25) is 5.91 Å². The van der Waals surface area contributed by atoms with E-state index in [1.807, 2.05) is 74.5 Å². The van der Waals surface area contributed by atoms with Crippen LogP contribution in [0.2, 0.25) is 0 Å². The van der Waals surface area contributed by atoms with Crippen molar-refractivity contribution >= 4 is 12.0 Å². The maximum Gasteiger partial charge on any atom is 0.408 e. The minimum Gasteiger partial charge on any atom is -0.445 e. The molecule has 0 aromatic heterocycles. The van der Waals surface area contributed by atoms with Gasteiger partial charge in [-0.2, -0.15) is 0 Å². The molecule has 1 N–H and O–H groups in total. The van der Waals surface area contributed by atoms with Crippen LogP contribution in [-0.2, 0) is 22.6 Å². The van der Waals surface area contributed by atoms with E-state index in [0.29, 0.717) is 19.5 Å². The first kappa shape index (κ1) is 19.5. The molecule has 0 spiro atoms. The highest BCUT2D eigenvalue weighted by Gasteiger charge is 2.25. The topological polar surface area (TPSA) is 58.6 Å². The van der Waals surface area contributed by atoms with Crippen LogP contribution < -0.4 is 5.32 Å². The summed E-state index contributed by atoms with van der Waals surface area (Å²) in [4.78, 5) is 26.7. The number of carbonyl (C=O) groups is 2. The Labute approximate surface area is 155 Å². The quantitative estimate of drug-likeness (QED) is 0.790. The SMILES string of the molecule is CCN(CC)C(=O)C(Cc1ccccc1)NC(=O)OCc1ccccc1. The van der Waals surface area contributed by atoms with Gasteiger partial charge in [0.15, 0.2) is 0 Å². The van der Waals surface area contributed by atoms with Crippen molar-refractivity contribution in [3.8, 4) is 0 Å². The van der Waals surface area contributed by atoms with E-state index in [0.717, 1.165) is 11.1 Å². The lowest BCUT2D eigenvalue weighted by atomic mass is 10.0. The molecule has 2 amide bonds. The molecule has 0 fully saturated rings. The average Bonchev–Trinajstić information content (AvgIpc) is 2.68. The van der Waals surface area contributed by atoms with Gasteiger partial charge >= 0.3 is 6.09 Å². The molecule has 1 atom stereocenters. The maximum atomic E-state index is 12.8. The Morgan fingerprint density at radius 2 is 1.46 bits per heavy atom. The largest absolute Gasteiger partial charge is 0.445 e.